The van der Waals surface area contributed by atoms with E-state index in [2.05, 4.69) is 37.9 Å². The van der Waals surface area contributed by atoms with Crippen molar-refractivity contribution in [1.82, 2.24) is 9.88 Å². The molecule has 0 bridgehead atoms. The van der Waals surface area contributed by atoms with E-state index in [4.69, 9.17) is 10.1 Å². The Morgan fingerprint density at radius 1 is 1.03 bits per heavy atom. The number of carboxylic acid groups (broad SMARTS) is 1. The minimum absolute atomic E-state index is 0.0439. The third-order valence-electron chi connectivity index (χ3n) is 6.49. The van der Waals surface area contributed by atoms with Crippen LogP contribution >= 0.6 is 27.7 Å². The fourth-order valence-corrected chi connectivity index (χ4v) is 5.95. The van der Waals surface area contributed by atoms with Crippen molar-refractivity contribution in [2.75, 3.05) is 24.6 Å². The zero-order valence-electron chi connectivity index (χ0n) is 20.3. The monoisotopic (exact) mass is 577 g/mol. The molecule has 6 nitrogen and oxygen atoms in total. The van der Waals surface area contributed by atoms with E-state index in [0.29, 0.717) is 17.7 Å². The van der Waals surface area contributed by atoms with Gasteiger partial charge in [0, 0.05) is 53.0 Å². The number of halogens is 1. The number of aryl methyl sites for hydroxylation is 1. The van der Waals surface area contributed by atoms with Gasteiger partial charge in [-0.2, -0.15) is 11.8 Å². The van der Waals surface area contributed by atoms with Gasteiger partial charge in [-0.05, 0) is 47.9 Å². The number of thioether (sulfide) groups is 1. The summed E-state index contributed by atoms with van der Waals surface area (Å²) in [5.41, 5.74) is 5.81. The number of carboxylic acids is 1. The molecule has 2 heterocycles. The third-order valence-corrected chi connectivity index (χ3v) is 7.93. The molecule has 5 rings (SSSR count). The topological polar surface area (TPSA) is 88.9 Å². The molecule has 1 aliphatic rings. The van der Waals surface area contributed by atoms with E-state index in [9.17, 15) is 9.90 Å². The van der Waals surface area contributed by atoms with E-state index in [1.807, 2.05) is 66.4 Å². The van der Waals surface area contributed by atoms with Crippen LogP contribution in [-0.2, 0) is 17.8 Å². The van der Waals surface area contributed by atoms with Crippen LogP contribution in [0.3, 0.4) is 0 Å². The molecule has 8 heteroatoms. The van der Waals surface area contributed by atoms with Gasteiger partial charge in [-0.25, -0.2) is 4.99 Å². The number of benzene rings is 3. The highest BCUT2D eigenvalue weighted by atomic mass is 79.9. The highest BCUT2D eigenvalue weighted by Gasteiger charge is 2.19. The van der Waals surface area contributed by atoms with Gasteiger partial charge in [0.05, 0.1) is 22.5 Å². The highest BCUT2D eigenvalue weighted by molar-refractivity contribution is 9.10. The molecule has 0 atom stereocenters. The van der Waals surface area contributed by atoms with Crippen LogP contribution in [0.5, 0.6) is 5.88 Å². The van der Waals surface area contributed by atoms with Crippen LogP contribution in [0.2, 0.25) is 0 Å². The summed E-state index contributed by atoms with van der Waals surface area (Å²) in [6, 6.07) is 21.8. The van der Waals surface area contributed by atoms with Crippen molar-refractivity contribution >= 4 is 56.0 Å². The SMILES string of the molecule is O=C(O)CCc1cccc(C(=Nc2ccc(CN3CCSCC3)cc2)c2c(O)[nH]c3cc(Br)ccc23)c1. The lowest BCUT2D eigenvalue weighted by atomic mass is 9.97. The quantitative estimate of drug-likeness (QED) is 0.212. The summed E-state index contributed by atoms with van der Waals surface area (Å²) in [4.78, 5) is 21.7. The number of aromatic nitrogens is 1. The fourth-order valence-electron chi connectivity index (χ4n) is 4.61. The number of nitrogens with one attached hydrogen (secondary N) is 1. The first-order chi connectivity index (χ1) is 18.0. The molecule has 3 aromatic carbocycles. The molecule has 0 aliphatic carbocycles. The molecule has 1 aromatic heterocycles. The lowest BCUT2D eigenvalue weighted by Gasteiger charge is -2.26. The summed E-state index contributed by atoms with van der Waals surface area (Å²) in [5, 5.41) is 21.0. The van der Waals surface area contributed by atoms with Gasteiger partial charge < -0.3 is 15.2 Å². The van der Waals surface area contributed by atoms with Crippen molar-refractivity contribution in [3.8, 4) is 5.88 Å². The number of hydrogen-bond donors (Lipinski definition) is 3. The van der Waals surface area contributed by atoms with E-state index in [0.717, 1.165) is 51.8 Å². The average molecular weight is 579 g/mol. The third kappa shape index (κ3) is 6.26. The largest absolute Gasteiger partial charge is 0.494 e. The van der Waals surface area contributed by atoms with Gasteiger partial charge in [0.25, 0.3) is 0 Å². The standard InChI is InChI=1S/C29H28BrN3O3S/c30-22-7-10-24-25(17-22)32-29(36)27(24)28(21-3-1-2-19(16-21)6-11-26(34)35)31-23-8-4-20(5-9-23)18-33-12-14-37-15-13-33/h1-5,7-10,16-17,32,36H,6,11-15,18H2,(H,34,35). The van der Waals surface area contributed by atoms with Crippen LogP contribution in [-0.4, -0.2) is 56.4 Å². The second-order valence-electron chi connectivity index (χ2n) is 9.15. The molecule has 0 radical (unpaired) electrons. The zero-order valence-corrected chi connectivity index (χ0v) is 22.7. The van der Waals surface area contributed by atoms with Gasteiger partial charge in [-0.1, -0.05) is 52.3 Å². The first-order valence-electron chi connectivity index (χ1n) is 12.3. The van der Waals surface area contributed by atoms with Crippen molar-refractivity contribution in [2.24, 2.45) is 4.99 Å². The zero-order chi connectivity index (χ0) is 25.8. The minimum atomic E-state index is -0.831. The molecule has 0 spiro atoms. The molecule has 0 saturated carbocycles. The van der Waals surface area contributed by atoms with Crippen LogP contribution < -0.4 is 0 Å². The summed E-state index contributed by atoms with van der Waals surface area (Å²) in [6.07, 6.45) is 0.479. The summed E-state index contributed by atoms with van der Waals surface area (Å²) in [5.74, 6) is 1.58. The molecule has 4 aromatic rings. The van der Waals surface area contributed by atoms with E-state index >= 15 is 0 Å². The molecular formula is C29H28BrN3O3S. The second-order valence-corrected chi connectivity index (χ2v) is 11.3. The number of aromatic amines is 1. The van der Waals surface area contributed by atoms with Crippen molar-refractivity contribution in [2.45, 2.75) is 19.4 Å². The Balaban J connectivity index is 1.54. The number of hydrogen-bond acceptors (Lipinski definition) is 5. The van der Waals surface area contributed by atoms with Gasteiger partial charge in [0.1, 0.15) is 0 Å². The summed E-state index contributed by atoms with van der Waals surface area (Å²) < 4.78 is 0.907. The summed E-state index contributed by atoms with van der Waals surface area (Å²) in [7, 11) is 0. The normalized spacial score (nSPS) is 14.8. The Bertz CT molecular complexity index is 1440. The predicted molar refractivity (Wildman–Crippen MR) is 154 cm³/mol. The van der Waals surface area contributed by atoms with Crippen LogP contribution in [0.4, 0.5) is 5.69 Å². The highest BCUT2D eigenvalue weighted by Crippen LogP contribution is 2.33. The van der Waals surface area contributed by atoms with Crippen LogP contribution in [0.25, 0.3) is 10.9 Å². The molecule has 1 saturated heterocycles. The van der Waals surface area contributed by atoms with E-state index in [1.54, 1.807) is 0 Å². The smallest absolute Gasteiger partial charge is 0.303 e. The first kappa shape index (κ1) is 25.6. The molecule has 0 amide bonds. The van der Waals surface area contributed by atoms with E-state index in [1.165, 1.54) is 17.1 Å². The van der Waals surface area contributed by atoms with E-state index < -0.39 is 5.97 Å². The summed E-state index contributed by atoms with van der Waals surface area (Å²) in [6.45, 7) is 3.16. The first-order valence-corrected chi connectivity index (χ1v) is 14.2. The van der Waals surface area contributed by atoms with Crippen LogP contribution in [0, 0.1) is 0 Å². The van der Waals surface area contributed by atoms with Crippen molar-refractivity contribution in [3.05, 3.63) is 93.5 Å². The van der Waals surface area contributed by atoms with Crippen molar-refractivity contribution in [3.63, 3.8) is 0 Å². The lowest BCUT2D eigenvalue weighted by molar-refractivity contribution is -0.136. The maximum absolute atomic E-state index is 11.1. The van der Waals surface area contributed by atoms with Gasteiger partial charge in [0.15, 0.2) is 5.88 Å². The number of nitrogens with zero attached hydrogens (tertiary/aromatic N) is 2. The molecule has 1 fully saturated rings. The second kappa shape index (κ2) is 11.5. The maximum atomic E-state index is 11.1. The number of aromatic hydroxyl groups is 1. The Morgan fingerprint density at radius 2 is 1.81 bits per heavy atom. The summed E-state index contributed by atoms with van der Waals surface area (Å²) >= 11 is 5.51. The fraction of sp³-hybridized carbons (Fsp3) is 0.241. The Kier molecular flexibility index (Phi) is 7.98. The van der Waals surface area contributed by atoms with Gasteiger partial charge in [-0.15, -0.1) is 0 Å². The Hall–Kier alpha value is -3.07. The molecule has 190 valence electrons. The number of carbonyl (C=O) groups is 1. The average Bonchev–Trinajstić information content (AvgIpc) is 3.22. The molecule has 37 heavy (non-hydrogen) atoms. The van der Waals surface area contributed by atoms with Crippen LogP contribution in [0.15, 0.2) is 76.2 Å². The number of fused-ring (bicyclic) bond motifs is 1. The number of aliphatic carboxylic acids is 1. The van der Waals surface area contributed by atoms with E-state index in [-0.39, 0.29) is 12.3 Å². The number of aliphatic imine (C=N–C) groups is 1. The van der Waals surface area contributed by atoms with Crippen LogP contribution in [0.1, 0.15) is 28.7 Å². The van der Waals surface area contributed by atoms with Gasteiger partial charge in [0.2, 0.25) is 0 Å². The number of H-pyrrole nitrogens is 1. The molecule has 3 N–H and O–H groups in total. The maximum Gasteiger partial charge on any atom is 0.303 e. The lowest BCUT2D eigenvalue weighted by Crippen LogP contribution is -2.31. The van der Waals surface area contributed by atoms with Gasteiger partial charge in [-0.3, -0.25) is 9.69 Å². The Morgan fingerprint density at radius 3 is 2.57 bits per heavy atom. The predicted octanol–water partition coefficient (Wildman–Crippen LogP) is 6.37. The molecule has 0 unspecified atom stereocenters. The van der Waals surface area contributed by atoms with Crippen molar-refractivity contribution < 1.29 is 15.0 Å². The Labute approximate surface area is 228 Å². The minimum Gasteiger partial charge on any atom is -0.494 e. The van der Waals surface area contributed by atoms with Gasteiger partial charge >= 0.3 is 5.97 Å². The van der Waals surface area contributed by atoms with Crippen molar-refractivity contribution in [1.29, 1.82) is 0 Å². The molecular weight excluding hydrogens is 550 g/mol. The number of rotatable bonds is 8. The molecule has 1 aliphatic heterocycles.